The average molecular weight is 235 g/mol. The van der Waals surface area contributed by atoms with Crippen LogP contribution in [-0.2, 0) is 0 Å². The fourth-order valence-electron chi connectivity index (χ4n) is 1.24. The number of nitrogens with zero attached hydrogens (tertiary/aromatic N) is 2. The van der Waals surface area contributed by atoms with Crippen LogP contribution in [0.15, 0.2) is 24.4 Å². The topological polar surface area (TPSA) is 75.1 Å². The number of anilines is 1. The molecule has 0 atom stereocenters. The van der Waals surface area contributed by atoms with Crippen molar-refractivity contribution in [1.82, 2.24) is 9.59 Å². The number of amides is 1. The van der Waals surface area contributed by atoms with Gasteiger partial charge < -0.3 is 10.4 Å². The molecule has 5 nitrogen and oxygen atoms in total. The lowest BCUT2D eigenvalue weighted by Crippen LogP contribution is -2.11. The highest BCUT2D eigenvalue weighted by atomic mass is 32.1. The largest absolute Gasteiger partial charge is 0.507 e. The molecule has 1 aromatic carbocycles. The number of phenols is 1. The zero-order valence-electron chi connectivity index (χ0n) is 8.47. The summed E-state index contributed by atoms with van der Waals surface area (Å²) in [6.45, 7) is 1.84. The normalized spacial score (nSPS) is 10.1. The molecule has 0 fully saturated rings. The first kappa shape index (κ1) is 10.6. The minimum Gasteiger partial charge on any atom is -0.507 e. The van der Waals surface area contributed by atoms with E-state index in [0.29, 0.717) is 5.00 Å². The van der Waals surface area contributed by atoms with E-state index in [0.717, 1.165) is 17.1 Å². The Kier molecular flexibility index (Phi) is 2.82. The van der Waals surface area contributed by atoms with E-state index in [1.807, 2.05) is 6.92 Å². The Morgan fingerprint density at radius 3 is 2.94 bits per heavy atom. The van der Waals surface area contributed by atoms with Crippen LogP contribution in [-0.4, -0.2) is 20.6 Å². The second kappa shape index (κ2) is 4.28. The third-order valence-corrected chi connectivity index (χ3v) is 2.58. The maximum atomic E-state index is 11.7. The molecule has 2 aromatic rings. The van der Waals surface area contributed by atoms with Crippen LogP contribution >= 0.6 is 11.5 Å². The van der Waals surface area contributed by atoms with Crippen LogP contribution in [0.5, 0.6) is 5.75 Å². The van der Waals surface area contributed by atoms with Crippen molar-refractivity contribution in [3.05, 3.63) is 35.5 Å². The van der Waals surface area contributed by atoms with E-state index in [1.54, 1.807) is 18.2 Å². The molecule has 0 bridgehead atoms. The number of carbonyl (C=O) groups is 1. The lowest BCUT2D eigenvalue weighted by molar-refractivity contribution is 0.102. The number of aryl methyl sites for hydroxylation is 1. The number of aromatic nitrogens is 2. The van der Waals surface area contributed by atoms with Crippen molar-refractivity contribution in [3.8, 4) is 5.75 Å². The van der Waals surface area contributed by atoms with Gasteiger partial charge >= 0.3 is 0 Å². The van der Waals surface area contributed by atoms with Crippen molar-refractivity contribution < 1.29 is 9.90 Å². The van der Waals surface area contributed by atoms with Crippen molar-refractivity contribution in [1.29, 1.82) is 0 Å². The van der Waals surface area contributed by atoms with Gasteiger partial charge in [0, 0.05) is 11.5 Å². The van der Waals surface area contributed by atoms with E-state index in [2.05, 4.69) is 14.9 Å². The molecule has 0 spiro atoms. The second-order valence-corrected chi connectivity index (χ2v) is 4.04. The van der Waals surface area contributed by atoms with Gasteiger partial charge in [0.25, 0.3) is 5.91 Å². The fourth-order valence-corrected chi connectivity index (χ4v) is 1.65. The van der Waals surface area contributed by atoms with Crippen molar-refractivity contribution in [2.24, 2.45) is 0 Å². The number of nitrogens with one attached hydrogen (secondary N) is 1. The molecule has 2 rings (SSSR count). The number of benzene rings is 1. The third-order valence-electron chi connectivity index (χ3n) is 2.00. The molecule has 0 aliphatic heterocycles. The molecule has 6 heteroatoms. The van der Waals surface area contributed by atoms with Crippen LogP contribution in [0, 0.1) is 6.92 Å². The highest BCUT2D eigenvalue weighted by molar-refractivity contribution is 7.10. The monoisotopic (exact) mass is 235 g/mol. The van der Waals surface area contributed by atoms with Gasteiger partial charge in [-0.3, -0.25) is 4.79 Å². The van der Waals surface area contributed by atoms with Crippen LogP contribution in [0.25, 0.3) is 0 Å². The molecule has 1 amide bonds. The number of carbonyl (C=O) groups excluding carboxylic acids is 1. The summed E-state index contributed by atoms with van der Waals surface area (Å²) in [5.74, 6) is -0.404. The molecule has 2 N–H and O–H groups in total. The zero-order valence-corrected chi connectivity index (χ0v) is 9.28. The van der Waals surface area contributed by atoms with E-state index >= 15 is 0 Å². The minimum absolute atomic E-state index is 0.0324. The van der Waals surface area contributed by atoms with Gasteiger partial charge in [0.15, 0.2) is 0 Å². The van der Waals surface area contributed by atoms with Gasteiger partial charge in [0.1, 0.15) is 10.8 Å². The minimum atomic E-state index is -0.372. The predicted molar refractivity (Wildman–Crippen MR) is 60.7 cm³/mol. The van der Waals surface area contributed by atoms with Gasteiger partial charge in [0.2, 0.25) is 0 Å². The Balaban J connectivity index is 2.21. The summed E-state index contributed by atoms with van der Waals surface area (Å²) < 4.78 is 3.62. The quantitative estimate of drug-likeness (QED) is 0.832. The van der Waals surface area contributed by atoms with Crippen molar-refractivity contribution in [2.45, 2.75) is 6.92 Å². The van der Waals surface area contributed by atoms with Crippen molar-refractivity contribution in [3.63, 3.8) is 0 Å². The maximum absolute atomic E-state index is 11.7. The number of hydrogen-bond donors (Lipinski definition) is 2. The summed E-state index contributed by atoms with van der Waals surface area (Å²) in [5.41, 5.74) is 1.13. The molecule has 0 aliphatic rings. The van der Waals surface area contributed by atoms with E-state index in [4.69, 9.17) is 0 Å². The molecular formula is C10H9N3O2S. The molecule has 0 unspecified atom stereocenters. The van der Waals surface area contributed by atoms with Gasteiger partial charge in [-0.05, 0) is 24.6 Å². The highest BCUT2D eigenvalue weighted by Crippen LogP contribution is 2.20. The first-order valence-electron chi connectivity index (χ1n) is 4.55. The lowest BCUT2D eigenvalue weighted by atomic mass is 10.1. The van der Waals surface area contributed by atoms with Gasteiger partial charge in [-0.25, -0.2) is 0 Å². The van der Waals surface area contributed by atoms with Crippen LogP contribution in [0.4, 0.5) is 5.00 Å². The fraction of sp³-hybridized carbons (Fsp3) is 0.100. The molecular weight excluding hydrogens is 226 g/mol. The summed E-state index contributed by atoms with van der Waals surface area (Å²) in [4.78, 5) is 11.7. The summed E-state index contributed by atoms with van der Waals surface area (Å²) >= 11 is 1.08. The Hall–Kier alpha value is -1.95. The average Bonchev–Trinajstić information content (AvgIpc) is 2.70. The van der Waals surface area contributed by atoms with E-state index in [-0.39, 0.29) is 17.2 Å². The zero-order chi connectivity index (χ0) is 11.5. The summed E-state index contributed by atoms with van der Waals surface area (Å²) in [6.07, 6.45) is 1.45. The standard InChI is InChI=1S/C10H9N3O2S/c1-6-2-3-7(8(14)4-6)10(15)12-9-5-11-13-16-9/h2-5,14H,1H3,(H,12,15). The summed E-state index contributed by atoms with van der Waals surface area (Å²) in [5, 5.41) is 16.3. The molecule has 0 aliphatic carbocycles. The van der Waals surface area contributed by atoms with Crippen LogP contribution in [0.1, 0.15) is 15.9 Å². The number of phenolic OH excluding ortho intramolecular Hbond substituents is 1. The van der Waals surface area contributed by atoms with Gasteiger partial charge in [-0.1, -0.05) is 10.6 Å². The third kappa shape index (κ3) is 2.17. The van der Waals surface area contributed by atoms with Crippen LogP contribution in [0.2, 0.25) is 0 Å². The van der Waals surface area contributed by atoms with E-state index in [1.165, 1.54) is 6.20 Å². The predicted octanol–water partition coefficient (Wildman–Crippen LogP) is 1.80. The Morgan fingerprint density at radius 1 is 1.50 bits per heavy atom. The first-order valence-corrected chi connectivity index (χ1v) is 5.32. The number of aromatic hydroxyl groups is 1. The molecule has 0 saturated carbocycles. The lowest BCUT2D eigenvalue weighted by Gasteiger charge is -2.04. The highest BCUT2D eigenvalue weighted by Gasteiger charge is 2.11. The van der Waals surface area contributed by atoms with E-state index in [9.17, 15) is 9.90 Å². The molecule has 1 aromatic heterocycles. The SMILES string of the molecule is Cc1ccc(C(=O)Nc2cnns2)c(O)c1. The van der Waals surface area contributed by atoms with Gasteiger partial charge in [-0.15, -0.1) is 5.10 Å². The smallest absolute Gasteiger partial charge is 0.260 e. The molecule has 82 valence electrons. The van der Waals surface area contributed by atoms with Crippen LogP contribution in [0.3, 0.4) is 0 Å². The van der Waals surface area contributed by atoms with Crippen molar-refractivity contribution in [2.75, 3.05) is 5.32 Å². The van der Waals surface area contributed by atoms with Crippen molar-refractivity contribution >= 4 is 22.4 Å². The number of rotatable bonds is 2. The number of hydrogen-bond acceptors (Lipinski definition) is 5. The van der Waals surface area contributed by atoms with Crippen LogP contribution < -0.4 is 5.32 Å². The second-order valence-electron chi connectivity index (χ2n) is 3.26. The first-order chi connectivity index (χ1) is 7.66. The molecule has 1 heterocycles. The molecule has 0 saturated heterocycles. The van der Waals surface area contributed by atoms with E-state index < -0.39 is 0 Å². The Labute approximate surface area is 95.9 Å². The van der Waals surface area contributed by atoms with Gasteiger partial charge in [0.05, 0.1) is 11.8 Å². The Bertz CT molecular complexity index is 511. The summed E-state index contributed by atoms with van der Waals surface area (Å²) in [6, 6.07) is 4.88. The maximum Gasteiger partial charge on any atom is 0.260 e. The van der Waals surface area contributed by atoms with Gasteiger partial charge in [-0.2, -0.15) is 0 Å². The molecule has 16 heavy (non-hydrogen) atoms. The Morgan fingerprint density at radius 2 is 2.31 bits per heavy atom. The molecule has 0 radical (unpaired) electrons. The summed E-state index contributed by atoms with van der Waals surface area (Å²) in [7, 11) is 0.